The summed E-state index contributed by atoms with van der Waals surface area (Å²) in [6.45, 7) is 0.587. The third kappa shape index (κ3) is 1.80. The Bertz CT molecular complexity index is 691. The molecule has 3 aromatic rings. The second-order valence-electron chi connectivity index (χ2n) is 3.98. The molecule has 0 saturated heterocycles. The highest BCUT2D eigenvalue weighted by atomic mass is 35.5. The van der Waals surface area contributed by atoms with Crippen LogP contribution >= 0.6 is 11.6 Å². The van der Waals surface area contributed by atoms with Crippen molar-refractivity contribution in [2.45, 2.75) is 6.54 Å². The van der Waals surface area contributed by atoms with Gasteiger partial charge in [0, 0.05) is 6.20 Å². The van der Waals surface area contributed by atoms with Crippen LogP contribution in [0, 0.1) is 0 Å². The number of nitrogens with two attached hydrogens (primary N) is 1. The van der Waals surface area contributed by atoms with Gasteiger partial charge in [-0.15, -0.1) is 0 Å². The molecule has 0 amide bonds. The van der Waals surface area contributed by atoms with E-state index in [1.807, 2.05) is 34.9 Å². The number of fused-ring (bicyclic) bond motifs is 1. The molecule has 18 heavy (non-hydrogen) atoms. The Hall–Kier alpha value is -2.07. The molecule has 2 heterocycles. The van der Waals surface area contributed by atoms with E-state index in [4.69, 9.17) is 17.3 Å². The normalized spacial score (nSPS) is 10.9. The molecular formula is C13H11ClN4. The van der Waals surface area contributed by atoms with Crippen molar-refractivity contribution < 1.29 is 0 Å². The molecule has 0 saturated carbocycles. The Morgan fingerprint density at radius 2 is 2.06 bits per heavy atom. The maximum atomic E-state index is 6.10. The van der Waals surface area contributed by atoms with Gasteiger partial charge in [0.15, 0.2) is 0 Å². The van der Waals surface area contributed by atoms with Crippen molar-refractivity contribution in [2.75, 3.05) is 5.73 Å². The van der Waals surface area contributed by atoms with E-state index in [1.54, 1.807) is 12.3 Å². The summed E-state index contributed by atoms with van der Waals surface area (Å²) in [5.41, 5.74) is 8.52. The van der Waals surface area contributed by atoms with Gasteiger partial charge in [0.25, 0.3) is 0 Å². The number of rotatable bonds is 2. The summed E-state index contributed by atoms with van der Waals surface area (Å²) in [5, 5.41) is 0.610. The molecule has 90 valence electrons. The smallest absolute Gasteiger partial charge is 0.201 e. The van der Waals surface area contributed by atoms with E-state index < -0.39 is 0 Å². The van der Waals surface area contributed by atoms with Crippen molar-refractivity contribution in [1.29, 1.82) is 0 Å². The highest BCUT2D eigenvalue weighted by Crippen LogP contribution is 2.25. The van der Waals surface area contributed by atoms with Crippen LogP contribution < -0.4 is 5.73 Å². The number of imidazole rings is 1. The summed E-state index contributed by atoms with van der Waals surface area (Å²) in [6.07, 6.45) is 1.76. The summed E-state index contributed by atoms with van der Waals surface area (Å²) in [5.74, 6) is 0.448. The van der Waals surface area contributed by atoms with Crippen LogP contribution in [0.5, 0.6) is 0 Å². The van der Waals surface area contributed by atoms with Crippen LogP contribution in [0.4, 0.5) is 5.95 Å². The maximum Gasteiger partial charge on any atom is 0.201 e. The van der Waals surface area contributed by atoms with Crippen LogP contribution in [0.1, 0.15) is 5.69 Å². The first-order valence-electron chi connectivity index (χ1n) is 5.56. The zero-order valence-electron chi connectivity index (χ0n) is 9.55. The standard InChI is InChI=1S/C13H11ClN4/c14-10-5-3-6-11-12(10)17-13(15)18(11)8-9-4-1-2-7-16-9/h1-7H,8H2,(H2,15,17). The van der Waals surface area contributed by atoms with Crippen molar-refractivity contribution >= 4 is 28.6 Å². The molecule has 0 aliphatic rings. The summed E-state index contributed by atoms with van der Waals surface area (Å²) in [7, 11) is 0. The minimum atomic E-state index is 0.448. The van der Waals surface area contributed by atoms with Crippen molar-refractivity contribution in [3.05, 3.63) is 53.3 Å². The van der Waals surface area contributed by atoms with Gasteiger partial charge in [-0.2, -0.15) is 0 Å². The predicted molar refractivity (Wildman–Crippen MR) is 72.5 cm³/mol. The lowest BCUT2D eigenvalue weighted by molar-refractivity contribution is 0.809. The van der Waals surface area contributed by atoms with Crippen LogP contribution in [0.3, 0.4) is 0 Å². The minimum Gasteiger partial charge on any atom is -0.369 e. The van der Waals surface area contributed by atoms with Crippen LogP contribution in [-0.2, 0) is 6.54 Å². The molecule has 0 atom stereocenters. The first-order valence-corrected chi connectivity index (χ1v) is 5.93. The van der Waals surface area contributed by atoms with Gasteiger partial charge >= 0.3 is 0 Å². The molecule has 0 bridgehead atoms. The molecule has 0 aliphatic carbocycles. The zero-order chi connectivity index (χ0) is 12.5. The molecule has 0 fully saturated rings. The van der Waals surface area contributed by atoms with E-state index in [2.05, 4.69) is 9.97 Å². The quantitative estimate of drug-likeness (QED) is 0.769. The monoisotopic (exact) mass is 258 g/mol. The number of nitrogen functional groups attached to an aromatic ring is 1. The van der Waals surface area contributed by atoms with Gasteiger partial charge in [-0.1, -0.05) is 23.7 Å². The van der Waals surface area contributed by atoms with Gasteiger partial charge in [0.1, 0.15) is 5.52 Å². The fourth-order valence-electron chi connectivity index (χ4n) is 1.95. The lowest BCUT2D eigenvalue weighted by Crippen LogP contribution is -2.05. The van der Waals surface area contributed by atoms with Crippen LogP contribution in [0.25, 0.3) is 11.0 Å². The van der Waals surface area contributed by atoms with E-state index >= 15 is 0 Å². The molecule has 2 N–H and O–H groups in total. The van der Waals surface area contributed by atoms with E-state index in [-0.39, 0.29) is 0 Å². The van der Waals surface area contributed by atoms with E-state index in [0.29, 0.717) is 17.5 Å². The number of hydrogen-bond donors (Lipinski definition) is 1. The molecule has 0 unspecified atom stereocenters. The highest BCUT2D eigenvalue weighted by Gasteiger charge is 2.10. The average Bonchev–Trinajstić information content (AvgIpc) is 2.70. The fraction of sp³-hybridized carbons (Fsp3) is 0.0769. The molecule has 1 aromatic carbocycles. The second-order valence-corrected chi connectivity index (χ2v) is 4.39. The van der Waals surface area contributed by atoms with Gasteiger partial charge < -0.3 is 10.3 Å². The number of nitrogens with zero attached hydrogens (tertiary/aromatic N) is 3. The predicted octanol–water partition coefficient (Wildman–Crippen LogP) is 2.72. The third-order valence-electron chi connectivity index (χ3n) is 2.81. The van der Waals surface area contributed by atoms with E-state index in [9.17, 15) is 0 Å². The molecule has 0 spiro atoms. The van der Waals surface area contributed by atoms with E-state index in [0.717, 1.165) is 16.7 Å². The Kier molecular flexibility index (Phi) is 2.64. The Labute approximate surface area is 109 Å². The van der Waals surface area contributed by atoms with Crippen molar-refractivity contribution in [3.8, 4) is 0 Å². The van der Waals surface area contributed by atoms with Crippen molar-refractivity contribution in [2.24, 2.45) is 0 Å². The second kappa shape index (κ2) is 4.31. The summed E-state index contributed by atoms with van der Waals surface area (Å²) in [4.78, 5) is 8.58. The topological polar surface area (TPSA) is 56.7 Å². The van der Waals surface area contributed by atoms with Crippen LogP contribution in [0.2, 0.25) is 5.02 Å². The molecule has 2 aromatic heterocycles. The number of benzene rings is 1. The van der Waals surface area contributed by atoms with Gasteiger partial charge in [-0.25, -0.2) is 4.98 Å². The summed E-state index contributed by atoms with van der Waals surface area (Å²) >= 11 is 6.10. The van der Waals surface area contributed by atoms with Crippen LogP contribution in [-0.4, -0.2) is 14.5 Å². The van der Waals surface area contributed by atoms with Gasteiger partial charge in [-0.05, 0) is 24.3 Å². The Balaban J connectivity index is 2.12. The highest BCUT2D eigenvalue weighted by molar-refractivity contribution is 6.35. The largest absolute Gasteiger partial charge is 0.369 e. The lowest BCUT2D eigenvalue weighted by Gasteiger charge is -2.05. The van der Waals surface area contributed by atoms with Crippen LogP contribution in [0.15, 0.2) is 42.6 Å². The Morgan fingerprint density at radius 3 is 2.83 bits per heavy atom. The number of halogens is 1. The summed E-state index contributed by atoms with van der Waals surface area (Å²) < 4.78 is 1.91. The number of hydrogen-bond acceptors (Lipinski definition) is 3. The average molecular weight is 259 g/mol. The molecule has 0 radical (unpaired) electrons. The number of aromatic nitrogens is 3. The molecule has 0 aliphatic heterocycles. The molecular weight excluding hydrogens is 248 g/mol. The molecule has 4 nitrogen and oxygen atoms in total. The van der Waals surface area contributed by atoms with Gasteiger partial charge in [0.2, 0.25) is 5.95 Å². The maximum absolute atomic E-state index is 6.10. The zero-order valence-corrected chi connectivity index (χ0v) is 10.3. The SMILES string of the molecule is Nc1nc2c(Cl)cccc2n1Cc1ccccn1. The molecule has 5 heteroatoms. The summed E-state index contributed by atoms with van der Waals surface area (Å²) in [6, 6.07) is 11.4. The van der Waals surface area contributed by atoms with Gasteiger partial charge in [0.05, 0.1) is 22.8 Å². The molecule has 3 rings (SSSR count). The number of para-hydroxylation sites is 1. The van der Waals surface area contributed by atoms with E-state index in [1.165, 1.54) is 0 Å². The lowest BCUT2D eigenvalue weighted by atomic mass is 10.3. The van der Waals surface area contributed by atoms with Gasteiger partial charge in [-0.3, -0.25) is 4.98 Å². The fourth-order valence-corrected chi connectivity index (χ4v) is 2.16. The Morgan fingerprint density at radius 1 is 1.17 bits per heavy atom. The van der Waals surface area contributed by atoms with Crippen molar-refractivity contribution in [1.82, 2.24) is 14.5 Å². The number of pyridine rings is 1. The first-order chi connectivity index (χ1) is 8.75. The number of anilines is 1. The van der Waals surface area contributed by atoms with Crippen molar-refractivity contribution in [3.63, 3.8) is 0 Å². The third-order valence-corrected chi connectivity index (χ3v) is 3.11. The minimum absolute atomic E-state index is 0.448. The first kappa shape index (κ1) is 11.0.